The number of methoxy groups -OCH3 is 2. The van der Waals surface area contributed by atoms with Gasteiger partial charge in [0.05, 0.1) is 14.2 Å². The zero-order valence-corrected chi connectivity index (χ0v) is 17.0. The van der Waals surface area contributed by atoms with Crippen molar-refractivity contribution in [1.82, 2.24) is 4.90 Å². The third kappa shape index (κ3) is 6.35. The van der Waals surface area contributed by atoms with Gasteiger partial charge in [0.1, 0.15) is 0 Å². The summed E-state index contributed by atoms with van der Waals surface area (Å²) in [5.74, 6) is 1.49. The molecule has 5 nitrogen and oxygen atoms in total. The van der Waals surface area contributed by atoms with Crippen LogP contribution in [0.15, 0.2) is 46.9 Å². The van der Waals surface area contributed by atoms with Crippen LogP contribution in [0, 0.1) is 0 Å². The first kappa shape index (κ1) is 20.3. The molecule has 1 N–H and O–H groups in total. The number of benzene rings is 2. The van der Waals surface area contributed by atoms with E-state index in [-0.39, 0.29) is 5.91 Å². The van der Waals surface area contributed by atoms with Gasteiger partial charge in [0.25, 0.3) is 0 Å². The van der Waals surface area contributed by atoms with E-state index in [2.05, 4.69) is 26.1 Å². The molecule has 0 aliphatic carbocycles. The van der Waals surface area contributed by atoms with E-state index in [0.29, 0.717) is 13.0 Å². The zero-order valence-electron chi connectivity index (χ0n) is 15.4. The van der Waals surface area contributed by atoms with Crippen molar-refractivity contribution in [2.75, 3.05) is 39.7 Å². The smallest absolute Gasteiger partial charge is 0.225 e. The quantitative estimate of drug-likeness (QED) is 0.666. The SMILES string of the molecule is COc1ccc(CCN(C)CCC(=O)Nc2ccc(Br)cc2)cc1OC. The number of likely N-dealkylation sites (N-methyl/N-ethyl adjacent to an activating group) is 1. The summed E-state index contributed by atoms with van der Waals surface area (Å²) >= 11 is 3.38. The monoisotopic (exact) mass is 420 g/mol. The third-order valence-electron chi connectivity index (χ3n) is 4.08. The van der Waals surface area contributed by atoms with Crippen LogP contribution in [0.5, 0.6) is 11.5 Å². The van der Waals surface area contributed by atoms with Gasteiger partial charge < -0.3 is 19.7 Å². The lowest BCUT2D eigenvalue weighted by atomic mass is 10.1. The molecule has 2 aromatic rings. The minimum atomic E-state index is 0.0188. The number of nitrogens with one attached hydrogen (secondary N) is 1. The third-order valence-corrected chi connectivity index (χ3v) is 4.61. The number of anilines is 1. The molecule has 26 heavy (non-hydrogen) atoms. The van der Waals surface area contributed by atoms with E-state index in [1.165, 1.54) is 5.56 Å². The second kappa shape index (κ2) is 10.2. The summed E-state index contributed by atoms with van der Waals surface area (Å²) in [4.78, 5) is 14.2. The Kier molecular flexibility index (Phi) is 7.94. The molecule has 2 aromatic carbocycles. The topological polar surface area (TPSA) is 50.8 Å². The summed E-state index contributed by atoms with van der Waals surface area (Å²) in [6.07, 6.45) is 1.34. The maximum atomic E-state index is 12.1. The molecule has 0 unspecified atom stereocenters. The Bertz CT molecular complexity index is 719. The summed E-state index contributed by atoms with van der Waals surface area (Å²) in [5.41, 5.74) is 1.99. The molecule has 0 saturated heterocycles. The minimum Gasteiger partial charge on any atom is -0.493 e. The van der Waals surface area contributed by atoms with E-state index in [0.717, 1.165) is 34.6 Å². The van der Waals surface area contributed by atoms with Crippen LogP contribution >= 0.6 is 15.9 Å². The van der Waals surface area contributed by atoms with E-state index in [1.54, 1.807) is 14.2 Å². The van der Waals surface area contributed by atoms with Crippen molar-refractivity contribution < 1.29 is 14.3 Å². The maximum Gasteiger partial charge on any atom is 0.225 e. The fraction of sp³-hybridized carbons (Fsp3) is 0.350. The van der Waals surface area contributed by atoms with Crippen molar-refractivity contribution in [1.29, 1.82) is 0 Å². The van der Waals surface area contributed by atoms with E-state index < -0.39 is 0 Å². The van der Waals surface area contributed by atoms with Crippen molar-refractivity contribution in [3.8, 4) is 11.5 Å². The lowest BCUT2D eigenvalue weighted by Gasteiger charge is -2.17. The highest BCUT2D eigenvalue weighted by Crippen LogP contribution is 2.27. The summed E-state index contributed by atoms with van der Waals surface area (Å²) in [5, 5.41) is 2.91. The molecule has 0 fully saturated rings. The van der Waals surface area contributed by atoms with Crippen LogP contribution in [0.4, 0.5) is 5.69 Å². The van der Waals surface area contributed by atoms with Gasteiger partial charge in [-0.2, -0.15) is 0 Å². The molecule has 0 aliphatic rings. The molecule has 0 saturated carbocycles. The van der Waals surface area contributed by atoms with Gasteiger partial charge in [-0.05, 0) is 55.4 Å². The van der Waals surface area contributed by atoms with Crippen LogP contribution in [-0.2, 0) is 11.2 Å². The van der Waals surface area contributed by atoms with E-state index in [1.807, 2.05) is 49.5 Å². The first-order valence-corrected chi connectivity index (χ1v) is 9.26. The molecule has 0 atom stereocenters. The van der Waals surface area contributed by atoms with E-state index >= 15 is 0 Å². The van der Waals surface area contributed by atoms with Gasteiger partial charge in [-0.3, -0.25) is 4.79 Å². The van der Waals surface area contributed by atoms with Crippen molar-refractivity contribution in [2.24, 2.45) is 0 Å². The number of amides is 1. The van der Waals surface area contributed by atoms with Crippen LogP contribution in [-0.4, -0.2) is 45.2 Å². The first-order chi connectivity index (χ1) is 12.5. The summed E-state index contributed by atoms with van der Waals surface area (Å²) < 4.78 is 11.6. The Hall–Kier alpha value is -2.05. The predicted molar refractivity (Wildman–Crippen MR) is 108 cm³/mol. The number of carbonyl (C=O) groups is 1. The van der Waals surface area contributed by atoms with Crippen LogP contribution in [0.1, 0.15) is 12.0 Å². The Balaban J connectivity index is 1.75. The summed E-state index contributed by atoms with van der Waals surface area (Å²) in [6, 6.07) is 13.5. The second-order valence-electron chi connectivity index (χ2n) is 6.05. The average molecular weight is 421 g/mol. The van der Waals surface area contributed by atoms with Gasteiger partial charge >= 0.3 is 0 Å². The Morgan fingerprint density at radius 3 is 2.38 bits per heavy atom. The maximum absolute atomic E-state index is 12.1. The highest BCUT2D eigenvalue weighted by molar-refractivity contribution is 9.10. The molecule has 140 valence electrons. The van der Waals surface area contributed by atoms with Gasteiger partial charge in [-0.1, -0.05) is 22.0 Å². The van der Waals surface area contributed by atoms with Crippen LogP contribution < -0.4 is 14.8 Å². The number of halogens is 1. The number of ether oxygens (including phenoxy) is 2. The molecule has 2 rings (SSSR count). The Labute approximate surface area is 163 Å². The minimum absolute atomic E-state index is 0.0188. The molecule has 0 bridgehead atoms. The number of hydrogen-bond donors (Lipinski definition) is 1. The van der Waals surface area contributed by atoms with Crippen LogP contribution in [0.3, 0.4) is 0 Å². The van der Waals surface area contributed by atoms with Crippen molar-refractivity contribution in [2.45, 2.75) is 12.8 Å². The lowest BCUT2D eigenvalue weighted by Crippen LogP contribution is -2.26. The molecular formula is C20H25BrN2O3. The van der Waals surface area contributed by atoms with E-state index in [4.69, 9.17) is 9.47 Å². The zero-order chi connectivity index (χ0) is 18.9. The van der Waals surface area contributed by atoms with Crippen molar-refractivity contribution in [3.05, 3.63) is 52.5 Å². The highest BCUT2D eigenvalue weighted by Gasteiger charge is 2.08. The molecule has 0 aromatic heterocycles. The van der Waals surface area contributed by atoms with Gasteiger partial charge in [-0.25, -0.2) is 0 Å². The van der Waals surface area contributed by atoms with Gasteiger partial charge in [0.2, 0.25) is 5.91 Å². The molecule has 0 heterocycles. The van der Waals surface area contributed by atoms with Crippen LogP contribution in [0.25, 0.3) is 0 Å². The standard InChI is InChI=1S/C20H25BrN2O3/c1-23(12-10-15-4-9-18(25-2)19(14-15)26-3)13-11-20(24)22-17-7-5-16(21)6-8-17/h4-9,14H,10-13H2,1-3H3,(H,22,24). The predicted octanol–water partition coefficient (Wildman–Crippen LogP) is 3.97. The molecule has 0 aliphatic heterocycles. The van der Waals surface area contributed by atoms with Crippen LogP contribution in [0.2, 0.25) is 0 Å². The van der Waals surface area contributed by atoms with E-state index in [9.17, 15) is 4.79 Å². The number of hydrogen-bond acceptors (Lipinski definition) is 4. The second-order valence-corrected chi connectivity index (χ2v) is 6.96. The fourth-order valence-electron chi connectivity index (χ4n) is 2.52. The Morgan fingerprint density at radius 1 is 1.04 bits per heavy atom. The van der Waals surface area contributed by atoms with Gasteiger partial charge in [-0.15, -0.1) is 0 Å². The summed E-state index contributed by atoms with van der Waals surface area (Å²) in [7, 11) is 5.29. The average Bonchev–Trinajstić information content (AvgIpc) is 2.66. The normalized spacial score (nSPS) is 10.7. The van der Waals surface area contributed by atoms with Crippen molar-refractivity contribution >= 4 is 27.5 Å². The molecule has 6 heteroatoms. The Morgan fingerprint density at radius 2 is 1.73 bits per heavy atom. The molecule has 0 spiro atoms. The fourth-order valence-corrected chi connectivity index (χ4v) is 2.78. The number of carbonyl (C=O) groups excluding carboxylic acids is 1. The first-order valence-electron chi connectivity index (χ1n) is 8.46. The van der Waals surface area contributed by atoms with Gasteiger partial charge in [0.15, 0.2) is 11.5 Å². The largest absolute Gasteiger partial charge is 0.493 e. The summed E-state index contributed by atoms with van der Waals surface area (Å²) in [6.45, 7) is 1.57. The number of nitrogens with zero attached hydrogens (tertiary/aromatic N) is 1. The van der Waals surface area contributed by atoms with Gasteiger partial charge in [0, 0.05) is 29.7 Å². The molecule has 0 radical (unpaired) electrons. The lowest BCUT2D eigenvalue weighted by molar-refractivity contribution is -0.116. The molecule has 1 amide bonds. The highest BCUT2D eigenvalue weighted by atomic mass is 79.9. The molecular weight excluding hydrogens is 396 g/mol. The van der Waals surface area contributed by atoms with Crippen molar-refractivity contribution in [3.63, 3.8) is 0 Å². The number of rotatable bonds is 9.